The molecule has 1 amide bonds. The molecule has 1 aliphatic rings. The molecule has 1 unspecified atom stereocenters. The minimum absolute atomic E-state index is 0.138. The maximum absolute atomic E-state index is 12.9. The number of aromatic nitrogens is 2. The van der Waals surface area contributed by atoms with Gasteiger partial charge in [-0.25, -0.2) is 9.78 Å². The third-order valence-electron chi connectivity index (χ3n) is 5.51. The van der Waals surface area contributed by atoms with Gasteiger partial charge >= 0.3 is 12.1 Å². The Morgan fingerprint density at radius 1 is 1.15 bits per heavy atom. The van der Waals surface area contributed by atoms with E-state index in [0.717, 1.165) is 25.0 Å². The van der Waals surface area contributed by atoms with E-state index in [1.165, 1.54) is 12.3 Å². The molecule has 0 aliphatic carbocycles. The monoisotopic (exact) mass is 472 g/mol. The first-order valence-corrected chi connectivity index (χ1v) is 10.9. The van der Waals surface area contributed by atoms with Gasteiger partial charge < -0.3 is 15.0 Å². The number of likely N-dealkylation sites (tertiary alicyclic amines) is 1. The number of esters is 1. The number of anilines is 2. The molecule has 7 nitrogen and oxygen atoms in total. The van der Waals surface area contributed by atoms with E-state index in [1.807, 2.05) is 6.92 Å². The van der Waals surface area contributed by atoms with Gasteiger partial charge in [0.2, 0.25) is 0 Å². The van der Waals surface area contributed by atoms with Crippen molar-refractivity contribution in [1.82, 2.24) is 14.9 Å². The average molecular weight is 472 g/mol. The molecular weight excluding hydrogens is 449 g/mol. The summed E-state index contributed by atoms with van der Waals surface area (Å²) < 4.78 is 43.8. The zero-order chi connectivity index (χ0) is 24.3. The Morgan fingerprint density at radius 2 is 1.91 bits per heavy atom. The quantitative estimate of drug-likeness (QED) is 0.511. The highest BCUT2D eigenvalue weighted by Gasteiger charge is 2.35. The molecule has 1 atom stereocenters. The molecule has 4 rings (SSSR count). The van der Waals surface area contributed by atoms with E-state index in [4.69, 9.17) is 4.74 Å². The summed E-state index contributed by atoms with van der Waals surface area (Å²) in [7, 11) is 0. The highest BCUT2D eigenvalue weighted by atomic mass is 19.4. The number of carbonyl (C=O) groups excluding carboxylic acids is 2. The van der Waals surface area contributed by atoms with Crippen molar-refractivity contribution in [3.8, 4) is 0 Å². The fourth-order valence-electron chi connectivity index (χ4n) is 3.81. The topological polar surface area (TPSA) is 84.4 Å². The van der Waals surface area contributed by atoms with E-state index in [-0.39, 0.29) is 17.4 Å². The van der Waals surface area contributed by atoms with E-state index in [9.17, 15) is 22.8 Å². The number of ether oxygens (including phenoxy) is 1. The van der Waals surface area contributed by atoms with Crippen LogP contribution in [-0.4, -0.2) is 45.9 Å². The van der Waals surface area contributed by atoms with Crippen molar-refractivity contribution in [3.63, 3.8) is 0 Å². The first-order chi connectivity index (χ1) is 16.3. The molecule has 0 spiro atoms. The van der Waals surface area contributed by atoms with E-state index >= 15 is 0 Å². The Labute approximate surface area is 193 Å². The van der Waals surface area contributed by atoms with Crippen molar-refractivity contribution in [2.24, 2.45) is 0 Å². The summed E-state index contributed by atoms with van der Waals surface area (Å²) in [5.74, 6) is -0.263. The normalized spacial score (nSPS) is 16.0. The van der Waals surface area contributed by atoms with Gasteiger partial charge in [-0.1, -0.05) is 6.92 Å². The second-order valence-electron chi connectivity index (χ2n) is 7.98. The van der Waals surface area contributed by atoms with Crippen molar-refractivity contribution < 1.29 is 27.5 Å². The van der Waals surface area contributed by atoms with Gasteiger partial charge in [-0.3, -0.25) is 9.78 Å². The van der Waals surface area contributed by atoms with Crippen LogP contribution in [0.1, 0.15) is 42.1 Å². The first-order valence-electron chi connectivity index (χ1n) is 10.9. The largest absolute Gasteiger partial charge is 0.464 e. The smallest absolute Gasteiger partial charge is 0.416 e. The van der Waals surface area contributed by atoms with Crippen LogP contribution in [0.5, 0.6) is 0 Å². The van der Waals surface area contributed by atoms with Crippen LogP contribution in [0, 0.1) is 0 Å². The van der Waals surface area contributed by atoms with Gasteiger partial charge in [0, 0.05) is 17.8 Å². The third-order valence-corrected chi connectivity index (χ3v) is 5.51. The number of carbonyl (C=O) groups is 2. The molecular formula is C24H23F3N4O3. The molecule has 3 aromatic rings. The van der Waals surface area contributed by atoms with Crippen LogP contribution >= 0.6 is 0 Å². The number of alkyl halides is 3. The summed E-state index contributed by atoms with van der Waals surface area (Å²) in [6, 6.07) is 9.28. The number of rotatable bonds is 6. The van der Waals surface area contributed by atoms with Gasteiger partial charge in [-0.2, -0.15) is 13.2 Å². The molecule has 34 heavy (non-hydrogen) atoms. The standard InChI is InChI=1S/C24H23F3N4O3/c1-2-12-34-23(33)20-4-3-11-31(20)22(32)15-5-8-17(9-6-15)29-21-14-28-19-13-16(24(25,26)27)7-10-18(19)30-21/h5-10,13-14,20H,2-4,11-12H2,1H3,(H,29,30). The molecule has 0 saturated carbocycles. The van der Waals surface area contributed by atoms with Crippen molar-refractivity contribution in [2.45, 2.75) is 38.4 Å². The van der Waals surface area contributed by atoms with Crippen molar-refractivity contribution in [3.05, 3.63) is 59.8 Å². The van der Waals surface area contributed by atoms with Crippen molar-refractivity contribution in [2.75, 3.05) is 18.5 Å². The molecule has 1 fully saturated rings. The van der Waals surface area contributed by atoms with Gasteiger partial charge in [-0.15, -0.1) is 0 Å². The lowest BCUT2D eigenvalue weighted by Gasteiger charge is -2.23. The zero-order valence-corrected chi connectivity index (χ0v) is 18.4. The van der Waals surface area contributed by atoms with Gasteiger partial charge in [0.1, 0.15) is 11.9 Å². The van der Waals surface area contributed by atoms with Crippen LogP contribution in [0.15, 0.2) is 48.7 Å². The number of nitrogens with one attached hydrogen (secondary N) is 1. The molecule has 10 heteroatoms. The highest BCUT2D eigenvalue weighted by Crippen LogP contribution is 2.31. The minimum Gasteiger partial charge on any atom is -0.464 e. The predicted octanol–water partition coefficient (Wildman–Crippen LogP) is 4.95. The summed E-state index contributed by atoms with van der Waals surface area (Å²) in [4.78, 5) is 35.1. The lowest BCUT2D eigenvalue weighted by Crippen LogP contribution is -2.41. The summed E-state index contributed by atoms with van der Waals surface area (Å²) in [6.45, 7) is 2.74. The number of hydrogen-bond acceptors (Lipinski definition) is 6. The Kier molecular flexibility index (Phi) is 6.67. The molecule has 0 radical (unpaired) electrons. The van der Waals surface area contributed by atoms with E-state index in [2.05, 4.69) is 15.3 Å². The molecule has 1 aromatic heterocycles. The number of amides is 1. The van der Waals surface area contributed by atoms with Gasteiger partial charge in [0.05, 0.1) is 29.4 Å². The Hall–Kier alpha value is -3.69. The minimum atomic E-state index is -4.45. The molecule has 2 aromatic carbocycles. The van der Waals surface area contributed by atoms with Gasteiger partial charge in [0.15, 0.2) is 0 Å². The van der Waals surface area contributed by atoms with Crippen LogP contribution in [0.4, 0.5) is 24.7 Å². The summed E-state index contributed by atoms with van der Waals surface area (Å²) >= 11 is 0. The maximum atomic E-state index is 12.9. The number of benzene rings is 2. The fourth-order valence-corrected chi connectivity index (χ4v) is 3.81. The summed E-state index contributed by atoms with van der Waals surface area (Å²) in [5.41, 5.74) is 0.732. The average Bonchev–Trinajstić information content (AvgIpc) is 3.32. The van der Waals surface area contributed by atoms with Gasteiger partial charge in [0.25, 0.3) is 5.91 Å². The summed E-state index contributed by atoms with van der Waals surface area (Å²) in [5, 5.41) is 3.03. The molecule has 178 valence electrons. The van der Waals surface area contributed by atoms with Crippen molar-refractivity contribution in [1.29, 1.82) is 0 Å². The molecule has 1 saturated heterocycles. The lowest BCUT2D eigenvalue weighted by atomic mass is 10.1. The predicted molar refractivity (Wildman–Crippen MR) is 120 cm³/mol. The number of hydrogen-bond donors (Lipinski definition) is 1. The van der Waals surface area contributed by atoms with Gasteiger partial charge in [-0.05, 0) is 61.7 Å². The Morgan fingerprint density at radius 3 is 2.62 bits per heavy atom. The number of fused-ring (bicyclic) bond motifs is 1. The first kappa shape index (κ1) is 23.5. The maximum Gasteiger partial charge on any atom is 0.416 e. The van der Waals surface area contributed by atoms with E-state index in [1.54, 1.807) is 29.2 Å². The molecule has 0 bridgehead atoms. The van der Waals surface area contributed by atoms with Crippen LogP contribution < -0.4 is 5.32 Å². The Balaban J connectivity index is 1.45. The van der Waals surface area contributed by atoms with Crippen molar-refractivity contribution >= 4 is 34.4 Å². The third kappa shape index (κ3) is 5.11. The molecule has 2 heterocycles. The van der Waals surface area contributed by atoms with E-state index in [0.29, 0.717) is 42.2 Å². The second-order valence-corrected chi connectivity index (χ2v) is 7.98. The van der Waals surface area contributed by atoms with E-state index < -0.39 is 17.8 Å². The Bertz CT molecular complexity index is 1200. The van der Waals surface area contributed by atoms with Crippen LogP contribution in [0.25, 0.3) is 11.0 Å². The number of nitrogens with zero attached hydrogens (tertiary/aromatic N) is 3. The van der Waals surface area contributed by atoms with Crippen LogP contribution in [0.2, 0.25) is 0 Å². The SMILES string of the molecule is CCCOC(=O)C1CCCN1C(=O)c1ccc(Nc2cnc3cc(C(F)(F)F)ccc3n2)cc1. The lowest BCUT2D eigenvalue weighted by molar-refractivity contribution is -0.148. The highest BCUT2D eigenvalue weighted by molar-refractivity contribution is 5.97. The van der Waals surface area contributed by atoms with Crippen LogP contribution in [-0.2, 0) is 15.7 Å². The fraction of sp³-hybridized carbons (Fsp3) is 0.333. The zero-order valence-electron chi connectivity index (χ0n) is 18.4. The second kappa shape index (κ2) is 9.66. The molecule has 1 N–H and O–H groups in total. The molecule has 1 aliphatic heterocycles. The number of halogens is 3. The van der Waals surface area contributed by atoms with Crippen LogP contribution in [0.3, 0.4) is 0 Å². The summed E-state index contributed by atoms with van der Waals surface area (Å²) in [6.07, 6.45) is -1.06.